The van der Waals surface area contributed by atoms with Crippen molar-refractivity contribution in [3.8, 4) is 0 Å². The predicted octanol–water partition coefficient (Wildman–Crippen LogP) is 0.843. The molecule has 0 saturated carbocycles. The number of rotatable bonds is 4. The zero-order valence-corrected chi connectivity index (χ0v) is 8.85. The number of amides is 1. The van der Waals surface area contributed by atoms with E-state index in [9.17, 15) is 14.9 Å². The van der Waals surface area contributed by atoms with E-state index in [1.165, 1.54) is 0 Å². The minimum Gasteiger partial charge on any atom is -0.343 e. The standard InChI is InChI=1S/C9H16N2O4/c1-8(12)10-5-2-9(3-6-10)4-7-15-11(13)14/h9H,2-7H2,1H3. The first-order valence-electron chi connectivity index (χ1n) is 5.12. The first-order chi connectivity index (χ1) is 7.09. The van der Waals surface area contributed by atoms with Gasteiger partial charge in [-0.15, -0.1) is 10.1 Å². The van der Waals surface area contributed by atoms with E-state index in [4.69, 9.17) is 0 Å². The summed E-state index contributed by atoms with van der Waals surface area (Å²) in [7, 11) is 0. The first-order valence-corrected chi connectivity index (χ1v) is 5.12. The molecule has 6 heteroatoms. The van der Waals surface area contributed by atoms with Crippen LogP contribution in [0.4, 0.5) is 0 Å². The minimum absolute atomic E-state index is 0.106. The lowest BCUT2D eigenvalue weighted by molar-refractivity contribution is -0.758. The quantitative estimate of drug-likeness (QED) is 0.515. The van der Waals surface area contributed by atoms with Gasteiger partial charge in [-0.1, -0.05) is 0 Å². The second kappa shape index (κ2) is 5.53. The van der Waals surface area contributed by atoms with Crippen LogP contribution in [0.5, 0.6) is 0 Å². The van der Waals surface area contributed by atoms with Crippen LogP contribution < -0.4 is 0 Å². The molecule has 86 valence electrons. The lowest BCUT2D eigenvalue weighted by Crippen LogP contribution is -2.37. The van der Waals surface area contributed by atoms with Crippen LogP contribution in [-0.2, 0) is 9.63 Å². The van der Waals surface area contributed by atoms with Gasteiger partial charge in [0.1, 0.15) is 0 Å². The van der Waals surface area contributed by atoms with Crippen molar-refractivity contribution >= 4 is 5.91 Å². The fourth-order valence-corrected chi connectivity index (χ4v) is 1.83. The van der Waals surface area contributed by atoms with Crippen LogP contribution in [0.2, 0.25) is 0 Å². The summed E-state index contributed by atoms with van der Waals surface area (Å²) in [6.07, 6.45) is 2.54. The van der Waals surface area contributed by atoms with Gasteiger partial charge in [0.15, 0.2) is 0 Å². The Hall–Kier alpha value is -1.33. The molecule has 1 amide bonds. The number of hydrogen-bond acceptors (Lipinski definition) is 4. The Morgan fingerprint density at radius 3 is 2.60 bits per heavy atom. The van der Waals surface area contributed by atoms with Gasteiger partial charge < -0.3 is 9.74 Å². The van der Waals surface area contributed by atoms with Gasteiger partial charge >= 0.3 is 0 Å². The van der Waals surface area contributed by atoms with Gasteiger partial charge in [0.05, 0.1) is 6.61 Å². The molecule has 0 unspecified atom stereocenters. The summed E-state index contributed by atoms with van der Waals surface area (Å²) in [4.78, 5) is 27.0. The molecule has 1 aliphatic rings. The minimum atomic E-state index is -0.759. The third-order valence-electron chi connectivity index (χ3n) is 2.78. The van der Waals surface area contributed by atoms with E-state index in [2.05, 4.69) is 4.84 Å². The summed E-state index contributed by atoms with van der Waals surface area (Å²) in [5.41, 5.74) is 0. The molecule has 1 heterocycles. The average molecular weight is 216 g/mol. The largest absolute Gasteiger partial charge is 0.343 e. The van der Waals surface area contributed by atoms with Crippen LogP contribution in [0.1, 0.15) is 26.2 Å². The van der Waals surface area contributed by atoms with Gasteiger partial charge in [0.2, 0.25) is 5.91 Å². The van der Waals surface area contributed by atoms with E-state index in [1.54, 1.807) is 6.92 Å². The molecular weight excluding hydrogens is 200 g/mol. The van der Waals surface area contributed by atoms with Gasteiger partial charge in [-0.25, -0.2) is 0 Å². The normalized spacial score (nSPS) is 17.5. The first kappa shape index (κ1) is 11.7. The van der Waals surface area contributed by atoms with Crippen molar-refractivity contribution in [3.05, 3.63) is 10.1 Å². The number of carbonyl (C=O) groups is 1. The van der Waals surface area contributed by atoms with E-state index in [0.29, 0.717) is 12.3 Å². The molecule has 0 atom stereocenters. The Balaban J connectivity index is 2.14. The zero-order chi connectivity index (χ0) is 11.3. The molecule has 1 fully saturated rings. The highest BCUT2D eigenvalue weighted by Gasteiger charge is 2.20. The summed E-state index contributed by atoms with van der Waals surface area (Å²) in [5, 5.41) is 9.15. The average Bonchev–Trinajstić information content (AvgIpc) is 2.18. The summed E-state index contributed by atoms with van der Waals surface area (Å²) in [5.74, 6) is 0.551. The van der Waals surface area contributed by atoms with Crippen LogP contribution in [0.25, 0.3) is 0 Å². The molecule has 0 bridgehead atoms. The van der Waals surface area contributed by atoms with Crippen LogP contribution in [0.15, 0.2) is 0 Å². The van der Waals surface area contributed by atoms with Crippen LogP contribution in [-0.4, -0.2) is 35.6 Å². The Labute approximate surface area is 88.3 Å². The molecule has 0 aromatic heterocycles. The van der Waals surface area contributed by atoms with E-state index >= 15 is 0 Å². The summed E-state index contributed by atoms with van der Waals surface area (Å²) in [6, 6.07) is 0. The number of piperidine rings is 1. The highest BCUT2D eigenvalue weighted by Crippen LogP contribution is 2.20. The predicted molar refractivity (Wildman–Crippen MR) is 52.5 cm³/mol. The molecule has 6 nitrogen and oxygen atoms in total. The Morgan fingerprint density at radius 1 is 1.53 bits per heavy atom. The van der Waals surface area contributed by atoms with E-state index in [0.717, 1.165) is 25.9 Å². The van der Waals surface area contributed by atoms with Gasteiger partial charge in [-0.05, 0) is 25.2 Å². The smallest absolute Gasteiger partial charge is 0.294 e. The van der Waals surface area contributed by atoms with Gasteiger partial charge in [0, 0.05) is 20.0 Å². The van der Waals surface area contributed by atoms with E-state index in [1.807, 2.05) is 4.90 Å². The second-order valence-corrected chi connectivity index (χ2v) is 3.79. The number of nitrogens with zero attached hydrogens (tertiary/aromatic N) is 2. The molecule has 1 aliphatic heterocycles. The lowest BCUT2D eigenvalue weighted by Gasteiger charge is -2.31. The molecule has 0 aliphatic carbocycles. The van der Waals surface area contributed by atoms with Crippen molar-refractivity contribution in [3.63, 3.8) is 0 Å². The molecule has 1 rings (SSSR count). The van der Waals surface area contributed by atoms with Crippen molar-refractivity contribution in [1.82, 2.24) is 4.90 Å². The molecule has 0 aromatic rings. The SMILES string of the molecule is CC(=O)N1CCC(CCO[N+](=O)[O-])CC1. The second-order valence-electron chi connectivity index (χ2n) is 3.79. The highest BCUT2D eigenvalue weighted by molar-refractivity contribution is 5.73. The third kappa shape index (κ3) is 4.14. The van der Waals surface area contributed by atoms with Gasteiger partial charge in [-0.2, -0.15) is 0 Å². The number of carbonyl (C=O) groups excluding carboxylic acids is 1. The molecule has 0 N–H and O–H groups in total. The Bertz CT molecular complexity index is 234. The topological polar surface area (TPSA) is 72.7 Å². The zero-order valence-electron chi connectivity index (χ0n) is 8.85. The van der Waals surface area contributed by atoms with Crippen LogP contribution in [0.3, 0.4) is 0 Å². The van der Waals surface area contributed by atoms with Crippen molar-refractivity contribution in [2.75, 3.05) is 19.7 Å². The molecule has 15 heavy (non-hydrogen) atoms. The van der Waals surface area contributed by atoms with Crippen LogP contribution >= 0.6 is 0 Å². The highest BCUT2D eigenvalue weighted by atomic mass is 16.9. The molecule has 0 aromatic carbocycles. The lowest BCUT2D eigenvalue weighted by atomic mass is 9.94. The maximum atomic E-state index is 11.0. The summed E-state index contributed by atoms with van der Waals surface area (Å²) < 4.78 is 0. The van der Waals surface area contributed by atoms with Crippen molar-refractivity contribution in [2.24, 2.45) is 5.92 Å². The number of likely N-dealkylation sites (tertiary alicyclic amines) is 1. The van der Waals surface area contributed by atoms with Crippen molar-refractivity contribution < 1.29 is 14.7 Å². The summed E-state index contributed by atoms with van der Waals surface area (Å²) in [6.45, 7) is 3.25. The molecule has 0 spiro atoms. The van der Waals surface area contributed by atoms with Crippen LogP contribution in [0, 0.1) is 16.0 Å². The fraction of sp³-hybridized carbons (Fsp3) is 0.889. The monoisotopic (exact) mass is 216 g/mol. The molecule has 0 radical (unpaired) electrons. The van der Waals surface area contributed by atoms with Crippen molar-refractivity contribution in [2.45, 2.75) is 26.2 Å². The molecular formula is C9H16N2O4. The summed E-state index contributed by atoms with van der Waals surface area (Å²) >= 11 is 0. The van der Waals surface area contributed by atoms with Crippen molar-refractivity contribution in [1.29, 1.82) is 0 Å². The van der Waals surface area contributed by atoms with E-state index in [-0.39, 0.29) is 12.5 Å². The Morgan fingerprint density at radius 2 is 2.13 bits per heavy atom. The molecule has 1 saturated heterocycles. The van der Waals surface area contributed by atoms with Gasteiger partial charge in [0.25, 0.3) is 5.09 Å². The Kier molecular flexibility index (Phi) is 4.33. The fourth-order valence-electron chi connectivity index (χ4n) is 1.83. The maximum Gasteiger partial charge on any atom is 0.294 e. The number of hydrogen-bond donors (Lipinski definition) is 0. The van der Waals surface area contributed by atoms with E-state index < -0.39 is 5.09 Å². The third-order valence-corrected chi connectivity index (χ3v) is 2.78. The maximum absolute atomic E-state index is 11.0. The van der Waals surface area contributed by atoms with Gasteiger partial charge in [-0.3, -0.25) is 4.79 Å².